The summed E-state index contributed by atoms with van der Waals surface area (Å²) in [4.78, 5) is 0. The van der Waals surface area contributed by atoms with Crippen molar-refractivity contribution in [3.05, 3.63) is 29.8 Å². The van der Waals surface area contributed by atoms with E-state index in [9.17, 15) is 0 Å². The fourth-order valence-electron chi connectivity index (χ4n) is 1.66. The van der Waals surface area contributed by atoms with Gasteiger partial charge in [-0.3, -0.25) is 0 Å². The van der Waals surface area contributed by atoms with Crippen molar-refractivity contribution in [1.82, 2.24) is 0 Å². The van der Waals surface area contributed by atoms with E-state index >= 15 is 0 Å². The molecule has 0 heterocycles. The van der Waals surface area contributed by atoms with Crippen molar-refractivity contribution >= 4 is 14.5 Å². The van der Waals surface area contributed by atoms with E-state index in [0.29, 0.717) is 26.4 Å². The summed E-state index contributed by atoms with van der Waals surface area (Å²) in [5, 5.41) is 1.18. The number of aryl methyl sites for hydroxylation is 1. The largest absolute Gasteiger partial charge is 0.424 e. The third kappa shape index (κ3) is 5.84. The van der Waals surface area contributed by atoms with Crippen molar-refractivity contribution in [2.45, 2.75) is 13.3 Å². The van der Waals surface area contributed by atoms with E-state index in [-0.39, 0.29) is 0 Å². The van der Waals surface area contributed by atoms with Crippen LogP contribution in [0.1, 0.15) is 12.5 Å². The molecule has 1 rings (SSSR count). The molecule has 0 saturated heterocycles. The van der Waals surface area contributed by atoms with E-state index < -0.39 is 9.28 Å². The van der Waals surface area contributed by atoms with Crippen LogP contribution in [0.3, 0.4) is 0 Å². The minimum absolute atomic E-state index is 0.551. The summed E-state index contributed by atoms with van der Waals surface area (Å²) < 4.78 is 21.8. The second-order valence-electron chi connectivity index (χ2n) is 3.98. The van der Waals surface area contributed by atoms with Crippen LogP contribution in [-0.4, -0.2) is 49.9 Å². The molecule has 0 aliphatic heterocycles. The summed E-state index contributed by atoms with van der Waals surface area (Å²) in [6.45, 7) is 4.40. The topological polar surface area (TPSA) is 36.9 Å². The van der Waals surface area contributed by atoms with Crippen molar-refractivity contribution in [3.8, 4) is 0 Å². The normalized spacial score (nSPS) is 11.2. The molecule has 0 amide bonds. The molecule has 0 spiro atoms. The van der Waals surface area contributed by atoms with Gasteiger partial charge in [0.1, 0.15) is 0 Å². The van der Waals surface area contributed by atoms with Gasteiger partial charge in [0, 0.05) is 14.2 Å². The van der Waals surface area contributed by atoms with Gasteiger partial charge < -0.3 is 18.3 Å². The fourth-order valence-corrected chi connectivity index (χ4v) is 3.35. The summed E-state index contributed by atoms with van der Waals surface area (Å²) in [6.07, 6.45) is 0.978. The quantitative estimate of drug-likeness (QED) is 0.479. The first-order valence-corrected chi connectivity index (χ1v) is 7.83. The van der Waals surface area contributed by atoms with Crippen molar-refractivity contribution in [2.24, 2.45) is 0 Å². The van der Waals surface area contributed by atoms with Gasteiger partial charge in [0.25, 0.3) is 0 Å². The van der Waals surface area contributed by atoms with Crippen LogP contribution in [0.5, 0.6) is 0 Å². The van der Waals surface area contributed by atoms with Crippen molar-refractivity contribution in [3.63, 3.8) is 0 Å². The lowest BCUT2D eigenvalue weighted by Crippen LogP contribution is -2.40. The highest BCUT2D eigenvalue weighted by molar-refractivity contribution is 6.61. The zero-order chi connectivity index (χ0) is 13.9. The van der Waals surface area contributed by atoms with E-state index in [0.717, 1.165) is 6.42 Å². The molecule has 0 N–H and O–H groups in total. The fraction of sp³-hybridized carbons (Fsp3) is 0.571. The maximum absolute atomic E-state index is 5.86. The molecule has 0 unspecified atom stereocenters. The zero-order valence-corrected chi connectivity index (χ0v) is 13.0. The average molecular weight is 283 g/mol. The third-order valence-electron chi connectivity index (χ3n) is 2.66. The smallest absolute Gasteiger partial charge is 0.387 e. The first kappa shape index (κ1) is 16.3. The van der Waals surface area contributed by atoms with E-state index in [1.807, 2.05) is 12.1 Å². The third-order valence-corrected chi connectivity index (χ3v) is 4.52. The lowest BCUT2D eigenvalue weighted by atomic mass is 10.2. The summed E-state index contributed by atoms with van der Waals surface area (Å²) in [6, 6.07) is 8.29. The summed E-state index contributed by atoms with van der Waals surface area (Å²) in [5.41, 5.74) is 1.28. The molecule has 0 atom stereocenters. The lowest BCUT2D eigenvalue weighted by molar-refractivity contribution is 0.104. The molecule has 5 heteroatoms. The molecule has 19 heavy (non-hydrogen) atoms. The monoisotopic (exact) mass is 283 g/mol. The number of hydrogen-bond acceptors (Lipinski definition) is 4. The molecule has 0 bridgehead atoms. The van der Waals surface area contributed by atoms with Gasteiger partial charge >= 0.3 is 9.28 Å². The average Bonchev–Trinajstić information content (AvgIpc) is 2.46. The summed E-state index contributed by atoms with van der Waals surface area (Å²) in [7, 11) is 1.87. The van der Waals surface area contributed by atoms with Crippen LogP contribution in [0.4, 0.5) is 0 Å². The maximum atomic E-state index is 5.86. The number of ether oxygens (including phenoxy) is 2. The maximum Gasteiger partial charge on any atom is 0.424 e. The van der Waals surface area contributed by atoms with E-state index in [2.05, 4.69) is 19.1 Å². The Morgan fingerprint density at radius 1 is 0.895 bits per heavy atom. The minimum Gasteiger partial charge on any atom is -0.387 e. The highest BCUT2D eigenvalue weighted by Gasteiger charge is 2.21. The lowest BCUT2D eigenvalue weighted by Gasteiger charge is -2.17. The van der Waals surface area contributed by atoms with Gasteiger partial charge in [-0.05, 0) is 17.2 Å². The molecule has 107 valence electrons. The number of benzene rings is 1. The molecule has 0 aliphatic carbocycles. The minimum atomic E-state index is -1.47. The van der Waals surface area contributed by atoms with Gasteiger partial charge in [0.05, 0.1) is 26.4 Å². The molecular formula is C14H23O4Si. The number of rotatable bonds is 10. The number of methoxy groups -OCH3 is 2. The predicted molar refractivity (Wildman–Crippen MR) is 76.9 cm³/mol. The molecule has 1 aromatic rings. The van der Waals surface area contributed by atoms with Crippen LogP contribution in [0.25, 0.3) is 0 Å². The summed E-state index contributed by atoms with van der Waals surface area (Å²) in [5.74, 6) is 0. The SMILES string of the molecule is CCc1ccccc1[Si](OCCOC)OCCOC. The van der Waals surface area contributed by atoms with Gasteiger partial charge in [0.15, 0.2) is 0 Å². The van der Waals surface area contributed by atoms with Crippen LogP contribution < -0.4 is 5.19 Å². The molecule has 0 saturated carbocycles. The molecular weight excluding hydrogens is 260 g/mol. The Morgan fingerprint density at radius 3 is 2.00 bits per heavy atom. The van der Waals surface area contributed by atoms with Gasteiger partial charge in [-0.1, -0.05) is 31.2 Å². The molecule has 0 fully saturated rings. The Balaban J connectivity index is 2.69. The summed E-state index contributed by atoms with van der Waals surface area (Å²) >= 11 is 0. The van der Waals surface area contributed by atoms with Gasteiger partial charge in [-0.25, -0.2) is 0 Å². The molecule has 1 aromatic carbocycles. The zero-order valence-electron chi connectivity index (χ0n) is 12.0. The Morgan fingerprint density at radius 2 is 1.47 bits per heavy atom. The molecule has 0 aromatic heterocycles. The standard InChI is InChI=1S/C14H23O4Si/c1-4-13-7-5-6-8-14(13)19(17-11-9-15-2)18-12-10-16-3/h5-8H,4,9-12H2,1-3H3. The Bertz CT molecular complexity index is 336. The predicted octanol–water partition coefficient (Wildman–Crippen LogP) is 1.27. The molecule has 1 radical (unpaired) electrons. The first-order valence-electron chi connectivity index (χ1n) is 6.52. The Labute approximate surface area is 117 Å². The second-order valence-corrected chi connectivity index (χ2v) is 5.67. The van der Waals surface area contributed by atoms with Gasteiger partial charge in [0.2, 0.25) is 0 Å². The highest BCUT2D eigenvalue weighted by Crippen LogP contribution is 2.02. The van der Waals surface area contributed by atoms with Crippen LogP contribution in [0.2, 0.25) is 0 Å². The first-order chi connectivity index (χ1) is 9.33. The van der Waals surface area contributed by atoms with Gasteiger partial charge in [-0.2, -0.15) is 0 Å². The number of hydrogen-bond donors (Lipinski definition) is 0. The van der Waals surface area contributed by atoms with Crippen LogP contribution >= 0.6 is 0 Å². The molecule has 4 nitrogen and oxygen atoms in total. The van der Waals surface area contributed by atoms with E-state index in [4.69, 9.17) is 18.3 Å². The molecule has 0 aliphatic rings. The Hall–Kier alpha value is -0.723. The van der Waals surface area contributed by atoms with Crippen LogP contribution in [0.15, 0.2) is 24.3 Å². The van der Waals surface area contributed by atoms with E-state index in [1.54, 1.807) is 14.2 Å². The van der Waals surface area contributed by atoms with Crippen LogP contribution in [-0.2, 0) is 24.7 Å². The van der Waals surface area contributed by atoms with Crippen molar-refractivity contribution < 1.29 is 18.3 Å². The van der Waals surface area contributed by atoms with Crippen LogP contribution in [0, 0.1) is 0 Å². The Kier molecular flexibility index (Phi) is 8.69. The highest BCUT2D eigenvalue weighted by atomic mass is 28.3. The van der Waals surface area contributed by atoms with Gasteiger partial charge in [-0.15, -0.1) is 0 Å². The van der Waals surface area contributed by atoms with Crippen molar-refractivity contribution in [1.29, 1.82) is 0 Å². The van der Waals surface area contributed by atoms with Crippen molar-refractivity contribution in [2.75, 3.05) is 40.6 Å². The second kappa shape index (κ2) is 10.1. The van der Waals surface area contributed by atoms with E-state index in [1.165, 1.54) is 10.8 Å².